The molecule has 4 aromatic rings. The molecule has 8 nitrogen and oxygen atoms in total. The van der Waals surface area contributed by atoms with Gasteiger partial charge in [0, 0.05) is 42.7 Å². The number of nitrogens with one attached hydrogen (secondary N) is 1. The van der Waals surface area contributed by atoms with E-state index in [-0.39, 0.29) is 36.2 Å². The summed E-state index contributed by atoms with van der Waals surface area (Å²) in [5, 5.41) is 21.5. The summed E-state index contributed by atoms with van der Waals surface area (Å²) in [4.78, 5) is 31.1. The molecule has 0 unspecified atom stereocenters. The number of hydrogen-bond acceptors (Lipinski definition) is 6. The first kappa shape index (κ1) is 22.7. The maximum atomic E-state index is 13.5. The van der Waals surface area contributed by atoms with Gasteiger partial charge in [-0.3, -0.25) is 9.59 Å². The van der Waals surface area contributed by atoms with E-state index in [1.54, 1.807) is 17.0 Å². The Bertz CT molecular complexity index is 1440. The Morgan fingerprint density at radius 1 is 1.17 bits per heavy atom. The number of benzene rings is 2. The van der Waals surface area contributed by atoms with Crippen molar-refractivity contribution in [2.24, 2.45) is 0 Å². The molecule has 5 rings (SSSR count). The first-order valence-corrected chi connectivity index (χ1v) is 11.4. The standard InChI is InChI=1S/C27H26N2O6/c1-34-15-18-12-24(31)26(33)27(35-18)21(16-6-8-17(30)9-7-16)13-25(32)29-11-10-20-19-4-2-3-5-22(19)28-23(20)14-29/h2-9,12,21,28,30,33H,10-11,13-15H2,1H3/t21-/m0/s1. The number of aromatic nitrogens is 1. The summed E-state index contributed by atoms with van der Waals surface area (Å²) in [5.41, 5.74) is 3.33. The molecule has 0 fully saturated rings. The molecule has 3 N–H and O–H groups in total. The smallest absolute Gasteiger partial charge is 0.227 e. The monoisotopic (exact) mass is 474 g/mol. The Hall–Kier alpha value is -4.04. The highest BCUT2D eigenvalue weighted by Gasteiger charge is 2.30. The molecule has 3 heterocycles. The second-order valence-electron chi connectivity index (χ2n) is 8.76. The van der Waals surface area contributed by atoms with Gasteiger partial charge in [0.25, 0.3) is 0 Å². The summed E-state index contributed by atoms with van der Waals surface area (Å²) in [6.45, 7) is 1.06. The van der Waals surface area contributed by atoms with Crippen molar-refractivity contribution in [2.75, 3.05) is 13.7 Å². The first-order valence-electron chi connectivity index (χ1n) is 11.4. The van der Waals surface area contributed by atoms with E-state index in [0.29, 0.717) is 18.7 Å². The second-order valence-corrected chi connectivity index (χ2v) is 8.76. The number of aromatic hydroxyl groups is 2. The number of H-pyrrole nitrogens is 1. The molecule has 8 heteroatoms. The van der Waals surface area contributed by atoms with Crippen molar-refractivity contribution in [3.63, 3.8) is 0 Å². The molecule has 0 bridgehead atoms. The zero-order chi connectivity index (χ0) is 24.5. The number of rotatable bonds is 6. The van der Waals surface area contributed by atoms with Crippen LogP contribution in [-0.4, -0.2) is 39.7 Å². The second kappa shape index (κ2) is 9.31. The van der Waals surface area contributed by atoms with Gasteiger partial charge in [-0.25, -0.2) is 0 Å². The number of fused-ring (bicyclic) bond motifs is 3. The predicted molar refractivity (Wildman–Crippen MR) is 129 cm³/mol. The van der Waals surface area contributed by atoms with Crippen LogP contribution < -0.4 is 5.43 Å². The highest BCUT2D eigenvalue weighted by molar-refractivity contribution is 5.86. The number of carbonyl (C=O) groups is 1. The lowest BCUT2D eigenvalue weighted by Gasteiger charge is -2.29. The molecule has 0 saturated heterocycles. The molecule has 1 amide bonds. The molecule has 1 aliphatic rings. The topological polar surface area (TPSA) is 116 Å². The third-order valence-electron chi connectivity index (χ3n) is 6.51. The van der Waals surface area contributed by atoms with Crippen LogP contribution in [0.3, 0.4) is 0 Å². The van der Waals surface area contributed by atoms with Crippen molar-refractivity contribution in [1.29, 1.82) is 0 Å². The third kappa shape index (κ3) is 4.40. The number of amides is 1. The molecule has 0 spiro atoms. The molecule has 2 aromatic heterocycles. The zero-order valence-corrected chi connectivity index (χ0v) is 19.3. The van der Waals surface area contributed by atoms with Gasteiger partial charge in [-0.1, -0.05) is 30.3 Å². The predicted octanol–water partition coefficient (Wildman–Crippen LogP) is 3.79. The Kier molecular flexibility index (Phi) is 6.05. The largest absolute Gasteiger partial charge is 0.508 e. The van der Waals surface area contributed by atoms with Gasteiger partial charge in [0.15, 0.2) is 5.76 Å². The fraction of sp³-hybridized carbons (Fsp3) is 0.259. The molecule has 35 heavy (non-hydrogen) atoms. The average Bonchev–Trinajstić information content (AvgIpc) is 3.23. The summed E-state index contributed by atoms with van der Waals surface area (Å²) in [6, 6.07) is 15.6. The number of carbonyl (C=O) groups excluding carboxylic acids is 1. The fourth-order valence-corrected chi connectivity index (χ4v) is 4.78. The molecule has 180 valence electrons. The van der Waals surface area contributed by atoms with E-state index in [2.05, 4.69) is 11.1 Å². The normalized spacial score (nSPS) is 14.1. The van der Waals surface area contributed by atoms with Crippen LogP contribution in [0.5, 0.6) is 11.5 Å². The molecule has 1 aliphatic heterocycles. The number of ether oxygens (including phenoxy) is 1. The minimum Gasteiger partial charge on any atom is -0.508 e. The van der Waals surface area contributed by atoms with Gasteiger partial charge in [-0.15, -0.1) is 0 Å². The van der Waals surface area contributed by atoms with Gasteiger partial charge in [-0.05, 0) is 35.7 Å². The highest BCUT2D eigenvalue weighted by Crippen LogP contribution is 2.35. The minimum absolute atomic E-state index is 0.00639. The van der Waals surface area contributed by atoms with Crippen molar-refractivity contribution in [1.82, 2.24) is 9.88 Å². The molecule has 1 atom stereocenters. The Balaban J connectivity index is 1.47. The van der Waals surface area contributed by atoms with Crippen LogP contribution in [0.25, 0.3) is 10.9 Å². The number of aromatic amines is 1. The summed E-state index contributed by atoms with van der Waals surface area (Å²) in [7, 11) is 1.47. The molecule has 0 aliphatic carbocycles. The number of phenolic OH excluding ortho intramolecular Hbond substituents is 1. The summed E-state index contributed by atoms with van der Waals surface area (Å²) < 4.78 is 10.9. The van der Waals surface area contributed by atoms with E-state index in [9.17, 15) is 19.8 Å². The van der Waals surface area contributed by atoms with Crippen LogP contribution in [0.4, 0.5) is 0 Å². The Labute approximate surface area is 201 Å². The van der Waals surface area contributed by atoms with E-state index in [0.717, 1.165) is 17.6 Å². The lowest BCUT2D eigenvalue weighted by Crippen LogP contribution is -2.36. The van der Waals surface area contributed by atoms with E-state index >= 15 is 0 Å². The number of methoxy groups -OCH3 is 1. The number of para-hydroxylation sites is 1. The van der Waals surface area contributed by atoms with Crippen molar-refractivity contribution < 1.29 is 24.2 Å². The number of hydrogen-bond donors (Lipinski definition) is 3. The van der Waals surface area contributed by atoms with Gasteiger partial charge in [-0.2, -0.15) is 0 Å². The van der Waals surface area contributed by atoms with Crippen LogP contribution in [-0.2, 0) is 29.1 Å². The van der Waals surface area contributed by atoms with Crippen molar-refractivity contribution in [3.05, 3.63) is 93.2 Å². The van der Waals surface area contributed by atoms with Crippen LogP contribution in [0.1, 0.15) is 40.7 Å². The zero-order valence-electron chi connectivity index (χ0n) is 19.3. The van der Waals surface area contributed by atoms with Crippen molar-refractivity contribution in [3.8, 4) is 11.5 Å². The maximum Gasteiger partial charge on any atom is 0.227 e. The number of nitrogens with zero attached hydrogens (tertiary/aromatic N) is 1. The molecule has 0 radical (unpaired) electrons. The maximum absolute atomic E-state index is 13.5. The minimum atomic E-state index is -0.725. The van der Waals surface area contributed by atoms with E-state index in [1.807, 2.05) is 18.2 Å². The summed E-state index contributed by atoms with van der Waals surface area (Å²) in [6.07, 6.45) is 0.714. The van der Waals surface area contributed by atoms with E-state index in [4.69, 9.17) is 9.15 Å². The van der Waals surface area contributed by atoms with Crippen LogP contribution in [0, 0.1) is 0 Å². The lowest BCUT2D eigenvalue weighted by molar-refractivity contribution is -0.132. The van der Waals surface area contributed by atoms with E-state index in [1.165, 1.54) is 36.3 Å². The van der Waals surface area contributed by atoms with Gasteiger partial charge in [0.2, 0.25) is 17.1 Å². The van der Waals surface area contributed by atoms with Crippen LogP contribution in [0.15, 0.2) is 63.8 Å². The third-order valence-corrected chi connectivity index (χ3v) is 6.51. The summed E-state index contributed by atoms with van der Waals surface area (Å²) >= 11 is 0. The van der Waals surface area contributed by atoms with Crippen LogP contribution >= 0.6 is 0 Å². The fourth-order valence-electron chi connectivity index (χ4n) is 4.78. The molecular formula is C27H26N2O6. The van der Waals surface area contributed by atoms with Gasteiger partial charge >= 0.3 is 0 Å². The van der Waals surface area contributed by atoms with Crippen LogP contribution in [0.2, 0.25) is 0 Å². The van der Waals surface area contributed by atoms with Gasteiger partial charge < -0.3 is 29.3 Å². The number of phenols is 1. The highest BCUT2D eigenvalue weighted by atomic mass is 16.5. The van der Waals surface area contributed by atoms with Gasteiger partial charge in [0.1, 0.15) is 18.1 Å². The average molecular weight is 475 g/mol. The Morgan fingerprint density at radius 3 is 2.71 bits per heavy atom. The Morgan fingerprint density at radius 2 is 1.94 bits per heavy atom. The van der Waals surface area contributed by atoms with Crippen molar-refractivity contribution in [2.45, 2.75) is 31.9 Å². The first-order chi connectivity index (χ1) is 16.9. The lowest BCUT2D eigenvalue weighted by atomic mass is 9.91. The quantitative estimate of drug-likeness (QED) is 0.392. The molecular weight excluding hydrogens is 448 g/mol. The van der Waals surface area contributed by atoms with Crippen molar-refractivity contribution >= 4 is 16.8 Å². The van der Waals surface area contributed by atoms with Gasteiger partial charge in [0.05, 0.1) is 12.5 Å². The summed E-state index contributed by atoms with van der Waals surface area (Å²) in [5.74, 6) is -1.07. The molecule has 0 saturated carbocycles. The molecule has 2 aromatic carbocycles. The van der Waals surface area contributed by atoms with E-state index < -0.39 is 17.1 Å². The SMILES string of the molecule is COCc1cc(=O)c(O)c([C@@H](CC(=O)N2CCc3c([nH]c4ccccc34)C2)c2ccc(O)cc2)o1.